The summed E-state index contributed by atoms with van der Waals surface area (Å²) in [5.74, 6) is 1.23. The van der Waals surface area contributed by atoms with Gasteiger partial charge in [0.15, 0.2) is 5.16 Å². The molecular formula is C16H23ClN4OS. The molecule has 1 aromatic heterocycles. The molecule has 1 N–H and O–H groups in total. The second-order valence-corrected chi connectivity index (χ2v) is 7.69. The second-order valence-electron chi connectivity index (χ2n) is 6.36. The third kappa shape index (κ3) is 4.98. The Hall–Kier alpha value is -1.01. The Morgan fingerprint density at radius 3 is 2.74 bits per heavy atom. The van der Waals surface area contributed by atoms with E-state index in [1.165, 1.54) is 43.9 Å². The molecule has 3 rings (SSSR count). The molecule has 0 unspecified atom stereocenters. The van der Waals surface area contributed by atoms with Crippen molar-refractivity contribution < 1.29 is 4.79 Å². The first-order valence-electron chi connectivity index (χ1n) is 8.31. The first-order chi connectivity index (χ1) is 11.1. The highest BCUT2D eigenvalue weighted by Crippen LogP contribution is 2.28. The largest absolute Gasteiger partial charge is 0.357 e. The maximum Gasteiger partial charge on any atom is 0.230 e. The van der Waals surface area contributed by atoms with E-state index in [2.05, 4.69) is 27.2 Å². The predicted octanol–water partition coefficient (Wildman–Crippen LogP) is 3.27. The van der Waals surface area contributed by atoms with Crippen LogP contribution >= 0.6 is 23.4 Å². The molecule has 0 bridgehead atoms. The molecule has 0 saturated heterocycles. The molecule has 0 aliphatic heterocycles. The van der Waals surface area contributed by atoms with E-state index in [9.17, 15) is 4.79 Å². The molecule has 2 aliphatic rings. The van der Waals surface area contributed by atoms with E-state index < -0.39 is 0 Å². The molecule has 1 amide bonds. The lowest BCUT2D eigenvalue weighted by Crippen LogP contribution is -2.34. The van der Waals surface area contributed by atoms with Crippen LogP contribution in [0.1, 0.15) is 44.9 Å². The number of aromatic nitrogens is 2. The maximum atomic E-state index is 11.8. The first-order valence-corrected chi connectivity index (χ1v) is 9.68. The van der Waals surface area contributed by atoms with Crippen molar-refractivity contribution in [2.24, 2.45) is 0 Å². The van der Waals surface area contributed by atoms with Gasteiger partial charge in [0.1, 0.15) is 11.0 Å². The van der Waals surface area contributed by atoms with Crippen LogP contribution in [0.25, 0.3) is 0 Å². The van der Waals surface area contributed by atoms with E-state index in [4.69, 9.17) is 11.6 Å². The third-order valence-corrected chi connectivity index (χ3v) is 5.46. The molecule has 2 aliphatic carbocycles. The molecule has 0 aromatic carbocycles. The zero-order valence-electron chi connectivity index (χ0n) is 13.4. The average molecular weight is 355 g/mol. The van der Waals surface area contributed by atoms with Gasteiger partial charge in [0, 0.05) is 25.2 Å². The molecule has 0 spiro atoms. The van der Waals surface area contributed by atoms with Gasteiger partial charge in [-0.2, -0.15) is 0 Å². The Morgan fingerprint density at radius 2 is 2.04 bits per heavy atom. The van der Waals surface area contributed by atoms with Crippen molar-refractivity contribution in [1.29, 1.82) is 0 Å². The maximum absolute atomic E-state index is 11.8. The standard InChI is InChI=1S/C16H23ClN4OS/c1-21(12-5-3-2-4-6-12)14-9-13(17)19-16(20-14)23-10-15(22)18-11-7-8-11/h9,11-12H,2-8,10H2,1H3,(H,18,22). The summed E-state index contributed by atoms with van der Waals surface area (Å²) in [7, 11) is 2.07. The summed E-state index contributed by atoms with van der Waals surface area (Å²) in [6, 6.07) is 2.71. The smallest absolute Gasteiger partial charge is 0.230 e. The summed E-state index contributed by atoms with van der Waals surface area (Å²) < 4.78 is 0. The summed E-state index contributed by atoms with van der Waals surface area (Å²) >= 11 is 7.50. The number of hydrogen-bond acceptors (Lipinski definition) is 5. The lowest BCUT2D eigenvalue weighted by Gasteiger charge is -2.32. The number of halogens is 1. The van der Waals surface area contributed by atoms with Gasteiger partial charge in [0.05, 0.1) is 5.75 Å². The van der Waals surface area contributed by atoms with Crippen molar-refractivity contribution in [2.75, 3.05) is 17.7 Å². The molecule has 0 atom stereocenters. The van der Waals surface area contributed by atoms with E-state index >= 15 is 0 Å². The van der Waals surface area contributed by atoms with Crippen LogP contribution in [0.5, 0.6) is 0 Å². The highest BCUT2D eigenvalue weighted by Gasteiger charge is 2.23. The molecule has 5 nitrogen and oxygen atoms in total. The van der Waals surface area contributed by atoms with Crippen molar-refractivity contribution >= 4 is 35.1 Å². The summed E-state index contributed by atoms with van der Waals surface area (Å²) in [5, 5.41) is 3.97. The number of anilines is 1. The first kappa shape index (κ1) is 16.8. The summed E-state index contributed by atoms with van der Waals surface area (Å²) in [6.45, 7) is 0. The quantitative estimate of drug-likeness (QED) is 0.482. The molecule has 23 heavy (non-hydrogen) atoms. The van der Waals surface area contributed by atoms with Crippen LogP contribution < -0.4 is 10.2 Å². The van der Waals surface area contributed by atoms with Crippen LogP contribution in [-0.4, -0.2) is 40.8 Å². The molecular weight excluding hydrogens is 332 g/mol. The number of amides is 1. The lowest BCUT2D eigenvalue weighted by molar-refractivity contribution is -0.118. The van der Waals surface area contributed by atoms with Gasteiger partial charge in [0.2, 0.25) is 5.91 Å². The van der Waals surface area contributed by atoms with Crippen LogP contribution in [0, 0.1) is 0 Å². The minimum absolute atomic E-state index is 0.0447. The molecule has 0 radical (unpaired) electrons. The lowest BCUT2D eigenvalue weighted by atomic mass is 9.94. The van der Waals surface area contributed by atoms with Crippen LogP contribution in [0.3, 0.4) is 0 Å². The summed E-state index contributed by atoms with van der Waals surface area (Å²) in [5.41, 5.74) is 0. The van der Waals surface area contributed by atoms with Gasteiger partial charge in [-0.15, -0.1) is 0 Å². The van der Waals surface area contributed by atoms with Crippen molar-refractivity contribution in [3.63, 3.8) is 0 Å². The number of nitrogens with one attached hydrogen (secondary N) is 1. The number of carbonyl (C=O) groups is 1. The van der Waals surface area contributed by atoms with Crippen LogP contribution in [0.2, 0.25) is 5.15 Å². The molecule has 126 valence electrons. The van der Waals surface area contributed by atoms with Crippen molar-refractivity contribution in [2.45, 2.75) is 62.2 Å². The SMILES string of the molecule is CN(c1cc(Cl)nc(SCC(=O)NC2CC2)n1)C1CCCCC1. The van der Waals surface area contributed by atoms with Crippen LogP contribution in [0.15, 0.2) is 11.2 Å². The van der Waals surface area contributed by atoms with E-state index in [0.29, 0.717) is 28.1 Å². The Balaban J connectivity index is 1.61. The molecule has 1 heterocycles. The monoisotopic (exact) mass is 354 g/mol. The van der Waals surface area contributed by atoms with E-state index in [1.807, 2.05) is 6.07 Å². The van der Waals surface area contributed by atoms with E-state index in [0.717, 1.165) is 18.7 Å². The number of rotatable bonds is 6. The van der Waals surface area contributed by atoms with Gasteiger partial charge in [-0.1, -0.05) is 42.6 Å². The van der Waals surface area contributed by atoms with Crippen molar-refractivity contribution in [3.05, 3.63) is 11.2 Å². The Kier molecular flexibility index (Phi) is 5.64. The molecule has 7 heteroatoms. The Morgan fingerprint density at radius 1 is 1.30 bits per heavy atom. The fourth-order valence-electron chi connectivity index (χ4n) is 2.91. The molecule has 2 fully saturated rings. The Labute approximate surface area is 146 Å². The normalized spacial score (nSPS) is 18.7. The highest BCUT2D eigenvalue weighted by molar-refractivity contribution is 7.99. The Bertz CT molecular complexity index is 561. The number of nitrogens with zero attached hydrogens (tertiary/aromatic N) is 3. The fourth-order valence-corrected chi connectivity index (χ4v) is 3.81. The number of hydrogen-bond donors (Lipinski definition) is 1. The summed E-state index contributed by atoms with van der Waals surface area (Å²) in [4.78, 5) is 22.8. The number of thioether (sulfide) groups is 1. The van der Waals surface area contributed by atoms with Crippen LogP contribution in [0.4, 0.5) is 5.82 Å². The van der Waals surface area contributed by atoms with Gasteiger partial charge in [-0.25, -0.2) is 9.97 Å². The van der Waals surface area contributed by atoms with E-state index in [1.54, 1.807) is 0 Å². The summed E-state index contributed by atoms with van der Waals surface area (Å²) in [6.07, 6.45) is 8.47. The van der Waals surface area contributed by atoms with Crippen molar-refractivity contribution in [3.8, 4) is 0 Å². The van der Waals surface area contributed by atoms with Crippen molar-refractivity contribution in [1.82, 2.24) is 15.3 Å². The van der Waals surface area contributed by atoms with Gasteiger partial charge in [-0.3, -0.25) is 4.79 Å². The van der Waals surface area contributed by atoms with Gasteiger partial charge in [-0.05, 0) is 25.7 Å². The zero-order chi connectivity index (χ0) is 16.2. The molecule has 2 saturated carbocycles. The second kappa shape index (κ2) is 7.71. The zero-order valence-corrected chi connectivity index (χ0v) is 15.0. The topological polar surface area (TPSA) is 58.1 Å². The highest BCUT2D eigenvalue weighted by atomic mass is 35.5. The minimum atomic E-state index is 0.0447. The fraction of sp³-hybridized carbons (Fsp3) is 0.688. The predicted molar refractivity (Wildman–Crippen MR) is 94.2 cm³/mol. The van der Waals surface area contributed by atoms with Gasteiger partial charge < -0.3 is 10.2 Å². The van der Waals surface area contributed by atoms with Crippen LogP contribution in [-0.2, 0) is 4.79 Å². The third-order valence-electron chi connectivity index (χ3n) is 4.42. The minimum Gasteiger partial charge on any atom is -0.357 e. The van der Waals surface area contributed by atoms with Gasteiger partial charge >= 0.3 is 0 Å². The average Bonchev–Trinajstić information content (AvgIpc) is 3.36. The van der Waals surface area contributed by atoms with E-state index in [-0.39, 0.29) is 5.91 Å². The molecule has 1 aromatic rings. The van der Waals surface area contributed by atoms with Gasteiger partial charge in [0.25, 0.3) is 0 Å². The number of carbonyl (C=O) groups excluding carboxylic acids is 1.